The standard InChI is InChI=1S/C23H28N2O5/c1-12(2)29-22(27)19-14(4)20(24-15(19)5)23(28)30-16(6)21(26)25-13(3)11-17-9-7-8-10-18(17)25/h7-10,12-13,16,24H,11H2,1-6H3/t13-,16+/m0/s1. The lowest BCUT2D eigenvalue weighted by Crippen LogP contribution is -2.43. The average Bonchev–Trinajstić information content (AvgIpc) is 3.15. The minimum atomic E-state index is -0.972. The molecular formula is C23H28N2O5. The van der Waals surface area contributed by atoms with Crippen molar-refractivity contribution in [3.05, 3.63) is 52.3 Å². The molecule has 3 rings (SSSR count). The highest BCUT2D eigenvalue weighted by molar-refractivity contribution is 6.02. The van der Waals surface area contributed by atoms with Crippen LogP contribution in [-0.2, 0) is 20.7 Å². The summed E-state index contributed by atoms with van der Waals surface area (Å²) < 4.78 is 10.7. The van der Waals surface area contributed by atoms with E-state index in [-0.39, 0.29) is 23.7 Å². The van der Waals surface area contributed by atoms with E-state index in [1.807, 2.05) is 31.2 Å². The van der Waals surface area contributed by atoms with Gasteiger partial charge in [0, 0.05) is 17.4 Å². The molecule has 2 atom stereocenters. The quantitative estimate of drug-likeness (QED) is 0.756. The highest BCUT2D eigenvalue weighted by atomic mass is 16.6. The van der Waals surface area contributed by atoms with Crippen molar-refractivity contribution in [1.82, 2.24) is 4.98 Å². The van der Waals surface area contributed by atoms with Gasteiger partial charge in [0.25, 0.3) is 5.91 Å². The zero-order valence-electron chi connectivity index (χ0n) is 18.2. The highest BCUT2D eigenvalue weighted by Gasteiger charge is 2.35. The number of H-pyrrole nitrogens is 1. The van der Waals surface area contributed by atoms with E-state index >= 15 is 0 Å². The largest absolute Gasteiger partial charge is 0.459 e. The molecule has 160 valence electrons. The zero-order chi connectivity index (χ0) is 22.2. The summed E-state index contributed by atoms with van der Waals surface area (Å²) in [5.74, 6) is -1.46. The number of aryl methyl sites for hydroxylation is 1. The van der Waals surface area contributed by atoms with E-state index < -0.39 is 18.0 Å². The van der Waals surface area contributed by atoms with Gasteiger partial charge in [-0.05, 0) is 65.2 Å². The van der Waals surface area contributed by atoms with Crippen LogP contribution in [0.15, 0.2) is 24.3 Å². The maximum absolute atomic E-state index is 13.0. The first-order valence-corrected chi connectivity index (χ1v) is 10.1. The number of rotatable bonds is 5. The van der Waals surface area contributed by atoms with Gasteiger partial charge in [-0.1, -0.05) is 18.2 Å². The lowest BCUT2D eigenvalue weighted by atomic mass is 10.1. The third-order valence-corrected chi connectivity index (χ3v) is 5.26. The Morgan fingerprint density at radius 3 is 2.40 bits per heavy atom. The molecule has 0 spiro atoms. The van der Waals surface area contributed by atoms with Gasteiger partial charge >= 0.3 is 11.9 Å². The topological polar surface area (TPSA) is 88.7 Å². The number of nitrogens with zero attached hydrogens (tertiary/aromatic N) is 1. The fourth-order valence-electron chi connectivity index (χ4n) is 3.90. The number of nitrogens with one attached hydrogen (secondary N) is 1. The van der Waals surface area contributed by atoms with Crippen molar-refractivity contribution in [3.63, 3.8) is 0 Å². The van der Waals surface area contributed by atoms with E-state index in [4.69, 9.17) is 9.47 Å². The van der Waals surface area contributed by atoms with Gasteiger partial charge in [0.05, 0.1) is 11.7 Å². The summed E-state index contributed by atoms with van der Waals surface area (Å²) >= 11 is 0. The highest BCUT2D eigenvalue weighted by Crippen LogP contribution is 2.32. The Morgan fingerprint density at radius 2 is 1.73 bits per heavy atom. The average molecular weight is 412 g/mol. The predicted octanol–water partition coefficient (Wildman–Crippen LogP) is 3.72. The SMILES string of the molecule is Cc1[nH]c(C(=O)O[C@H](C)C(=O)N2c3ccccc3C[C@@H]2C)c(C)c1C(=O)OC(C)C. The van der Waals surface area contributed by atoms with E-state index in [1.165, 1.54) is 0 Å². The molecule has 0 saturated heterocycles. The fourth-order valence-corrected chi connectivity index (χ4v) is 3.90. The molecule has 7 nitrogen and oxygen atoms in total. The van der Waals surface area contributed by atoms with Crippen molar-refractivity contribution in [3.8, 4) is 0 Å². The van der Waals surface area contributed by atoms with Gasteiger partial charge < -0.3 is 19.4 Å². The molecule has 30 heavy (non-hydrogen) atoms. The Balaban J connectivity index is 1.77. The summed E-state index contributed by atoms with van der Waals surface area (Å²) in [5, 5.41) is 0. The first kappa shape index (κ1) is 21.6. The third kappa shape index (κ3) is 3.97. The van der Waals surface area contributed by atoms with Crippen LogP contribution in [-0.4, -0.2) is 41.1 Å². The molecular weight excluding hydrogens is 384 g/mol. The zero-order valence-corrected chi connectivity index (χ0v) is 18.2. The second kappa shape index (κ2) is 8.34. The first-order chi connectivity index (χ1) is 14.1. The van der Waals surface area contributed by atoms with Crippen LogP contribution >= 0.6 is 0 Å². The number of ether oxygens (including phenoxy) is 2. The maximum Gasteiger partial charge on any atom is 0.355 e. The molecule has 0 fully saturated rings. The van der Waals surface area contributed by atoms with Crippen molar-refractivity contribution in [2.45, 2.75) is 66.2 Å². The number of para-hydroxylation sites is 1. The van der Waals surface area contributed by atoms with Gasteiger partial charge in [0.1, 0.15) is 5.69 Å². The molecule has 1 aliphatic rings. The number of amides is 1. The number of carbonyl (C=O) groups excluding carboxylic acids is 3. The Bertz CT molecular complexity index is 991. The fraction of sp³-hybridized carbons (Fsp3) is 0.435. The van der Waals surface area contributed by atoms with Gasteiger partial charge in [-0.3, -0.25) is 4.79 Å². The molecule has 7 heteroatoms. The molecule has 0 unspecified atom stereocenters. The van der Waals surface area contributed by atoms with Gasteiger partial charge in [-0.25, -0.2) is 9.59 Å². The second-order valence-electron chi connectivity index (χ2n) is 8.02. The van der Waals surface area contributed by atoms with E-state index in [0.717, 1.165) is 17.7 Å². The number of anilines is 1. The van der Waals surface area contributed by atoms with Crippen LogP contribution in [0.2, 0.25) is 0 Å². The smallest absolute Gasteiger partial charge is 0.355 e. The Morgan fingerprint density at radius 1 is 1.07 bits per heavy atom. The Hall–Kier alpha value is -3.09. The van der Waals surface area contributed by atoms with E-state index in [9.17, 15) is 14.4 Å². The van der Waals surface area contributed by atoms with Crippen molar-refractivity contribution >= 4 is 23.5 Å². The van der Waals surface area contributed by atoms with Crippen molar-refractivity contribution in [2.75, 3.05) is 4.90 Å². The lowest BCUT2D eigenvalue weighted by molar-refractivity contribution is -0.126. The summed E-state index contributed by atoms with van der Waals surface area (Å²) in [4.78, 5) is 42.7. The van der Waals surface area contributed by atoms with Gasteiger partial charge in [0.2, 0.25) is 0 Å². The lowest BCUT2D eigenvalue weighted by Gasteiger charge is -2.25. The second-order valence-corrected chi connectivity index (χ2v) is 8.02. The number of hydrogen-bond acceptors (Lipinski definition) is 5. The van der Waals surface area contributed by atoms with Crippen LogP contribution in [0.25, 0.3) is 0 Å². The minimum absolute atomic E-state index is 0.0112. The molecule has 0 aliphatic carbocycles. The summed E-state index contributed by atoms with van der Waals surface area (Å²) in [6, 6.07) is 7.72. The molecule has 2 aromatic rings. The molecule has 0 radical (unpaired) electrons. The molecule has 1 amide bonds. The van der Waals surface area contributed by atoms with Crippen LogP contribution in [0.4, 0.5) is 5.69 Å². The van der Waals surface area contributed by atoms with E-state index in [0.29, 0.717) is 16.8 Å². The van der Waals surface area contributed by atoms with Crippen molar-refractivity contribution in [2.24, 2.45) is 0 Å². The number of carbonyl (C=O) groups is 3. The Labute approximate surface area is 176 Å². The van der Waals surface area contributed by atoms with Crippen LogP contribution < -0.4 is 4.90 Å². The third-order valence-electron chi connectivity index (χ3n) is 5.26. The summed E-state index contributed by atoms with van der Waals surface area (Å²) in [6.07, 6.45) is -0.483. The number of aromatic amines is 1. The summed E-state index contributed by atoms with van der Waals surface area (Å²) in [6.45, 7) is 10.4. The van der Waals surface area contributed by atoms with E-state index in [2.05, 4.69) is 4.98 Å². The van der Waals surface area contributed by atoms with Crippen LogP contribution in [0.3, 0.4) is 0 Å². The van der Waals surface area contributed by atoms with Crippen molar-refractivity contribution < 1.29 is 23.9 Å². The summed E-state index contributed by atoms with van der Waals surface area (Å²) in [7, 11) is 0. The van der Waals surface area contributed by atoms with Gasteiger partial charge in [-0.15, -0.1) is 0 Å². The minimum Gasteiger partial charge on any atom is -0.459 e. The number of hydrogen-bond donors (Lipinski definition) is 1. The van der Waals surface area contributed by atoms with E-state index in [1.54, 1.807) is 39.5 Å². The van der Waals surface area contributed by atoms with Crippen LogP contribution in [0.1, 0.15) is 65.4 Å². The maximum atomic E-state index is 13.0. The molecule has 1 aromatic carbocycles. The van der Waals surface area contributed by atoms with Crippen LogP contribution in [0, 0.1) is 13.8 Å². The van der Waals surface area contributed by atoms with Gasteiger partial charge in [-0.2, -0.15) is 0 Å². The number of aromatic nitrogens is 1. The molecule has 1 aliphatic heterocycles. The normalized spacial score (nSPS) is 16.4. The van der Waals surface area contributed by atoms with Gasteiger partial charge in [0.15, 0.2) is 6.10 Å². The van der Waals surface area contributed by atoms with Crippen molar-refractivity contribution in [1.29, 1.82) is 0 Å². The molecule has 2 heterocycles. The number of esters is 2. The molecule has 1 N–H and O–H groups in total. The summed E-state index contributed by atoms with van der Waals surface area (Å²) in [5.41, 5.74) is 3.38. The molecule has 0 bridgehead atoms. The number of fused-ring (bicyclic) bond motifs is 1. The Kier molecular flexibility index (Phi) is 6.01. The number of benzene rings is 1. The van der Waals surface area contributed by atoms with Crippen LogP contribution in [0.5, 0.6) is 0 Å². The molecule has 1 aromatic heterocycles. The first-order valence-electron chi connectivity index (χ1n) is 10.1. The monoisotopic (exact) mass is 412 g/mol. The molecule has 0 saturated carbocycles. The predicted molar refractivity (Wildman–Crippen MR) is 113 cm³/mol.